The van der Waals surface area contributed by atoms with Gasteiger partial charge in [0.1, 0.15) is 12.4 Å². The lowest BCUT2D eigenvalue weighted by atomic mass is 10.1. The molecule has 1 atom stereocenters. The van der Waals surface area contributed by atoms with E-state index in [4.69, 9.17) is 9.47 Å². The van der Waals surface area contributed by atoms with Crippen LogP contribution in [0.4, 0.5) is 0 Å². The SMILES string of the molecule is BrCc1ccc(OCC2CCCCO2)cc1. The molecule has 2 rings (SSSR count). The summed E-state index contributed by atoms with van der Waals surface area (Å²) < 4.78 is 11.3. The second kappa shape index (κ2) is 6.26. The van der Waals surface area contributed by atoms with Crippen molar-refractivity contribution in [3.8, 4) is 5.75 Å². The van der Waals surface area contributed by atoms with E-state index in [9.17, 15) is 0 Å². The Balaban J connectivity index is 1.79. The van der Waals surface area contributed by atoms with Crippen LogP contribution in [0.5, 0.6) is 5.75 Å². The molecule has 1 aliphatic heterocycles. The Labute approximate surface area is 105 Å². The first-order valence-electron chi connectivity index (χ1n) is 5.78. The molecule has 1 saturated heterocycles. The molecule has 16 heavy (non-hydrogen) atoms. The van der Waals surface area contributed by atoms with Gasteiger partial charge in [0.05, 0.1) is 6.10 Å². The van der Waals surface area contributed by atoms with Crippen LogP contribution < -0.4 is 4.74 Å². The Hall–Kier alpha value is -0.540. The smallest absolute Gasteiger partial charge is 0.119 e. The van der Waals surface area contributed by atoms with Crippen LogP contribution in [0, 0.1) is 0 Å². The van der Waals surface area contributed by atoms with Gasteiger partial charge >= 0.3 is 0 Å². The van der Waals surface area contributed by atoms with Gasteiger partial charge in [0.15, 0.2) is 0 Å². The zero-order chi connectivity index (χ0) is 11.2. The Morgan fingerprint density at radius 3 is 2.69 bits per heavy atom. The molecule has 2 nitrogen and oxygen atoms in total. The third kappa shape index (κ3) is 3.49. The summed E-state index contributed by atoms with van der Waals surface area (Å²) in [6.45, 7) is 1.56. The maximum Gasteiger partial charge on any atom is 0.119 e. The van der Waals surface area contributed by atoms with E-state index in [1.807, 2.05) is 12.1 Å². The van der Waals surface area contributed by atoms with Gasteiger partial charge in [0.25, 0.3) is 0 Å². The molecule has 0 aliphatic carbocycles. The molecule has 0 aromatic heterocycles. The monoisotopic (exact) mass is 284 g/mol. The van der Waals surface area contributed by atoms with Crippen LogP contribution >= 0.6 is 15.9 Å². The molecule has 0 bridgehead atoms. The average molecular weight is 285 g/mol. The lowest BCUT2D eigenvalue weighted by Gasteiger charge is -2.22. The minimum atomic E-state index is 0.282. The molecule has 88 valence electrons. The quantitative estimate of drug-likeness (QED) is 0.788. The van der Waals surface area contributed by atoms with E-state index in [1.54, 1.807) is 0 Å². The molecule has 1 fully saturated rings. The molecule has 0 amide bonds. The Morgan fingerprint density at radius 2 is 2.06 bits per heavy atom. The largest absolute Gasteiger partial charge is 0.491 e. The number of ether oxygens (including phenoxy) is 2. The van der Waals surface area contributed by atoms with Crippen LogP contribution in [0.1, 0.15) is 24.8 Å². The predicted octanol–water partition coefficient (Wildman–Crippen LogP) is 3.53. The fourth-order valence-electron chi connectivity index (χ4n) is 1.80. The summed E-state index contributed by atoms with van der Waals surface area (Å²) in [5, 5.41) is 0.888. The van der Waals surface area contributed by atoms with Crippen LogP contribution in [0.15, 0.2) is 24.3 Å². The molecule has 0 N–H and O–H groups in total. The van der Waals surface area contributed by atoms with Crippen LogP contribution in [0.25, 0.3) is 0 Å². The van der Waals surface area contributed by atoms with Crippen LogP contribution in [-0.2, 0) is 10.1 Å². The van der Waals surface area contributed by atoms with E-state index < -0.39 is 0 Å². The third-order valence-corrected chi connectivity index (χ3v) is 3.44. The van der Waals surface area contributed by atoms with E-state index in [0.717, 1.165) is 24.1 Å². The highest BCUT2D eigenvalue weighted by atomic mass is 79.9. The second-order valence-electron chi connectivity index (χ2n) is 4.08. The van der Waals surface area contributed by atoms with Gasteiger partial charge in [-0.1, -0.05) is 28.1 Å². The van der Waals surface area contributed by atoms with E-state index in [1.165, 1.54) is 18.4 Å². The fourth-order valence-corrected chi connectivity index (χ4v) is 2.18. The number of hydrogen-bond donors (Lipinski definition) is 0. The lowest BCUT2D eigenvalue weighted by molar-refractivity contribution is -0.0110. The first-order valence-corrected chi connectivity index (χ1v) is 6.90. The predicted molar refractivity (Wildman–Crippen MR) is 68.2 cm³/mol. The van der Waals surface area contributed by atoms with Gasteiger partial charge in [-0.15, -0.1) is 0 Å². The molecule has 1 heterocycles. The van der Waals surface area contributed by atoms with Gasteiger partial charge in [0.2, 0.25) is 0 Å². The standard InChI is InChI=1S/C13H17BrO2/c14-9-11-4-6-12(7-5-11)16-10-13-3-1-2-8-15-13/h4-7,13H,1-3,8-10H2. The summed E-state index contributed by atoms with van der Waals surface area (Å²) in [6, 6.07) is 8.18. The maximum absolute atomic E-state index is 5.70. The Bertz CT molecular complexity index is 304. The normalized spacial score (nSPS) is 20.7. The van der Waals surface area contributed by atoms with Crippen molar-refractivity contribution in [2.75, 3.05) is 13.2 Å². The van der Waals surface area contributed by atoms with Crippen molar-refractivity contribution in [3.63, 3.8) is 0 Å². The average Bonchev–Trinajstić information content (AvgIpc) is 2.38. The summed E-state index contributed by atoms with van der Waals surface area (Å²) in [5.74, 6) is 0.930. The highest BCUT2D eigenvalue weighted by molar-refractivity contribution is 9.08. The maximum atomic E-state index is 5.70. The number of rotatable bonds is 4. The number of halogens is 1. The van der Waals surface area contributed by atoms with Crippen molar-refractivity contribution in [1.82, 2.24) is 0 Å². The van der Waals surface area contributed by atoms with E-state index in [2.05, 4.69) is 28.1 Å². The molecule has 3 heteroatoms. The van der Waals surface area contributed by atoms with Crippen LogP contribution in [0.2, 0.25) is 0 Å². The summed E-state index contributed by atoms with van der Waals surface area (Å²) in [6.07, 6.45) is 3.86. The molecule has 0 spiro atoms. The minimum absolute atomic E-state index is 0.282. The number of hydrogen-bond acceptors (Lipinski definition) is 2. The fraction of sp³-hybridized carbons (Fsp3) is 0.538. The van der Waals surface area contributed by atoms with Gasteiger partial charge in [0, 0.05) is 11.9 Å². The zero-order valence-corrected chi connectivity index (χ0v) is 10.9. The molecule has 0 saturated carbocycles. The Morgan fingerprint density at radius 1 is 1.25 bits per heavy atom. The summed E-state index contributed by atoms with van der Waals surface area (Å²) in [4.78, 5) is 0. The number of alkyl halides is 1. The lowest BCUT2D eigenvalue weighted by Crippen LogP contribution is -2.25. The van der Waals surface area contributed by atoms with Crippen molar-refractivity contribution in [2.24, 2.45) is 0 Å². The van der Waals surface area contributed by atoms with Gasteiger partial charge in [-0.3, -0.25) is 0 Å². The molecule has 1 aromatic rings. The van der Waals surface area contributed by atoms with Gasteiger partial charge in [-0.25, -0.2) is 0 Å². The topological polar surface area (TPSA) is 18.5 Å². The van der Waals surface area contributed by atoms with E-state index in [0.29, 0.717) is 6.61 Å². The molecule has 0 radical (unpaired) electrons. The summed E-state index contributed by atoms with van der Waals surface area (Å²) >= 11 is 3.42. The van der Waals surface area contributed by atoms with E-state index in [-0.39, 0.29) is 6.10 Å². The van der Waals surface area contributed by atoms with Gasteiger partial charge in [-0.2, -0.15) is 0 Å². The van der Waals surface area contributed by atoms with Crippen LogP contribution in [-0.4, -0.2) is 19.3 Å². The molecular weight excluding hydrogens is 268 g/mol. The van der Waals surface area contributed by atoms with Crippen molar-refractivity contribution in [3.05, 3.63) is 29.8 Å². The van der Waals surface area contributed by atoms with E-state index >= 15 is 0 Å². The third-order valence-electron chi connectivity index (χ3n) is 2.79. The Kier molecular flexibility index (Phi) is 4.67. The number of benzene rings is 1. The molecule has 1 aromatic carbocycles. The first-order chi connectivity index (χ1) is 7.88. The minimum Gasteiger partial charge on any atom is -0.491 e. The summed E-state index contributed by atoms with van der Waals surface area (Å²) in [5.41, 5.74) is 1.27. The van der Waals surface area contributed by atoms with Crippen LogP contribution in [0.3, 0.4) is 0 Å². The zero-order valence-electron chi connectivity index (χ0n) is 9.32. The van der Waals surface area contributed by atoms with Gasteiger partial charge < -0.3 is 9.47 Å². The van der Waals surface area contributed by atoms with Crippen molar-refractivity contribution >= 4 is 15.9 Å². The molecular formula is C13H17BrO2. The van der Waals surface area contributed by atoms with Crippen molar-refractivity contribution in [1.29, 1.82) is 0 Å². The van der Waals surface area contributed by atoms with Gasteiger partial charge in [-0.05, 0) is 37.0 Å². The highest BCUT2D eigenvalue weighted by Gasteiger charge is 2.14. The second-order valence-corrected chi connectivity index (χ2v) is 4.64. The first kappa shape index (κ1) is 11.9. The van der Waals surface area contributed by atoms with Crippen molar-refractivity contribution < 1.29 is 9.47 Å². The summed E-state index contributed by atoms with van der Waals surface area (Å²) in [7, 11) is 0. The molecule has 1 aliphatic rings. The molecule has 1 unspecified atom stereocenters. The van der Waals surface area contributed by atoms with Crippen molar-refractivity contribution in [2.45, 2.75) is 30.7 Å². The highest BCUT2D eigenvalue weighted by Crippen LogP contribution is 2.17.